The summed E-state index contributed by atoms with van der Waals surface area (Å²) in [6.45, 7) is 12.7. The first-order chi connectivity index (χ1) is 24.8. The van der Waals surface area contributed by atoms with Crippen molar-refractivity contribution in [1.29, 1.82) is 0 Å². The van der Waals surface area contributed by atoms with Gasteiger partial charge in [0.2, 0.25) is 11.8 Å². The van der Waals surface area contributed by atoms with Gasteiger partial charge in [0.1, 0.15) is 18.3 Å². The molecule has 0 radical (unpaired) electrons. The van der Waals surface area contributed by atoms with Crippen LogP contribution in [0.25, 0.3) is 0 Å². The largest absolute Gasteiger partial charge is 0.463 e. The molecule has 2 amide bonds. The second kappa shape index (κ2) is 20.4. The molecular formula is C37H55N5O11. The van der Waals surface area contributed by atoms with Gasteiger partial charge in [-0.2, -0.15) is 0 Å². The average molecular weight is 746 g/mol. The molecule has 0 saturated carbocycles. The van der Waals surface area contributed by atoms with E-state index in [4.69, 9.17) is 9.47 Å². The number of nitrogens with zero attached hydrogens (tertiary/aromatic N) is 3. The molecule has 2 aromatic rings. The molecule has 0 spiro atoms. The van der Waals surface area contributed by atoms with E-state index >= 15 is 0 Å². The third-order valence-corrected chi connectivity index (χ3v) is 8.98. The summed E-state index contributed by atoms with van der Waals surface area (Å²) in [6.07, 6.45) is 0.198. The van der Waals surface area contributed by atoms with Crippen molar-refractivity contribution in [2.45, 2.75) is 130 Å². The molecule has 16 heteroatoms. The van der Waals surface area contributed by atoms with Crippen molar-refractivity contribution in [2.24, 2.45) is 5.41 Å². The third-order valence-electron chi connectivity index (χ3n) is 8.98. The molecule has 1 aromatic heterocycles. The molecule has 0 aliphatic carbocycles. The zero-order valence-electron chi connectivity index (χ0n) is 31.6. The normalized spacial score (nSPS) is 12.8. The molecule has 2 unspecified atom stereocenters. The fraction of sp³-hybridized carbons (Fsp3) is 0.595. The zero-order chi connectivity index (χ0) is 39.9. The van der Waals surface area contributed by atoms with Crippen LogP contribution in [0.4, 0.5) is 11.4 Å². The summed E-state index contributed by atoms with van der Waals surface area (Å²) < 4.78 is 12.6. The highest BCUT2D eigenvalue weighted by atomic mass is 16.6. The van der Waals surface area contributed by atoms with Crippen LogP contribution in [0.15, 0.2) is 51.3 Å². The number of aliphatic hydroxyl groups excluding tert-OH is 2. The van der Waals surface area contributed by atoms with E-state index in [9.17, 15) is 43.8 Å². The Morgan fingerprint density at radius 1 is 0.774 bits per heavy atom. The molecule has 16 nitrogen and oxygen atoms in total. The molecule has 1 aromatic carbocycles. The summed E-state index contributed by atoms with van der Waals surface area (Å²) >= 11 is 0. The number of carbonyl (C=O) groups is 4. The smallest absolute Gasteiger partial charge is 0.336 e. The van der Waals surface area contributed by atoms with E-state index < -0.39 is 65.3 Å². The summed E-state index contributed by atoms with van der Waals surface area (Å²) in [5.41, 5.74) is -3.46. The highest BCUT2D eigenvalue weighted by molar-refractivity contribution is 5.99. The third kappa shape index (κ3) is 13.9. The SMILES string of the molecule is C=CCn1c(=O)n(CC(O)COC(=O)CCCC(=O)Nc2ccccc2NC(=O)CCCC(=O)OC(C)(C)CC)c(=O)n(CC(O)C(C)(C)CC)c1=O. The Morgan fingerprint density at radius 2 is 1.26 bits per heavy atom. The maximum Gasteiger partial charge on any atom is 0.336 e. The number of esters is 2. The number of hydrogen-bond acceptors (Lipinski definition) is 11. The zero-order valence-corrected chi connectivity index (χ0v) is 31.6. The van der Waals surface area contributed by atoms with E-state index in [-0.39, 0.29) is 63.5 Å². The summed E-state index contributed by atoms with van der Waals surface area (Å²) in [6, 6.07) is 6.57. The minimum atomic E-state index is -1.50. The van der Waals surface area contributed by atoms with Crippen LogP contribution in [0.3, 0.4) is 0 Å². The van der Waals surface area contributed by atoms with Crippen molar-refractivity contribution < 1.29 is 38.9 Å². The standard InChI is InChI=1S/C37H55N5O11/c1-8-21-40-33(49)41(35(51)42(34(40)50)23-28(44)36(4,5)9-2)22-25(43)24-52-31(47)19-13-17-29(45)38-26-15-11-12-16-27(26)39-30(46)18-14-20-32(48)53-37(6,7)10-3/h8,11-12,15-16,25,28,43-44H,1,9-10,13-14,17-24H2,2-7H3,(H,38,45)(H,39,46). The molecule has 0 aliphatic heterocycles. The number of anilines is 2. The molecule has 0 fully saturated rings. The maximum absolute atomic E-state index is 13.2. The van der Waals surface area contributed by atoms with Gasteiger partial charge in [0.05, 0.1) is 37.1 Å². The second-order valence-corrected chi connectivity index (χ2v) is 14.1. The predicted molar refractivity (Wildman–Crippen MR) is 198 cm³/mol. The van der Waals surface area contributed by atoms with E-state index in [1.807, 2.05) is 27.7 Å². The number of rotatable bonds is 22. The number of aromatic nitrogens is 3. The lowest BCUT2D eigenvalue weighted by molar-refractivity contribution is -0.156. The fourth-order valence-corrected chi connectivity index (χ4v) is 4.81. The molecule has 2 atom stereocenters. The van der Waals surface area contributed by atoms with Crippen molar-refractivity contribution in [3.05, 3.63) is 68.4 Å². The average Bonchev–Trinajstić information content (AvgIpc) is 3.10. The number of para-hydroxylation sites is 2. The van der Waals surface area contributed by atoms with Gasteiger partial charge in [-0.05, 0) is 57.1 Å². The first-order valence-electron chi connectivity index (χ1n) is 17.8. The van der Waals surface area contributed by atoms with Crippen LogP contribution in [0.1, 0.15) is 92.9 Å². The monoisotopic (exact) mass is 745 g/mol. The number of nitrogens with one attached hydrogen (secondary N) is 2. The van der Waals surface area contributed by atoms with Gasteiger partial charge in [-0.3, -0.25) is 19.2 Å². The Bertz CT molecular complexity index is 1770. The number of amides is 2. The maximum atomic E-state index is 13.2. The molecular weight excluding hydrogens is 690 g/mol. The van der Waals surface area contributed by atoms with Crippen molar-refractivity contribution in [1.82, 2.24) is 13.7 Å². The van der Waals surface area contributed by atoms with Gasteiger partial charge in [-0.1, -0.05) is 45.9 Å². The van der Waals surface area contributed by atoms with Gasteiger partial charge in [0, 0.05) is 25.7 Å². The minimum absolute atomic E-state index is 0.0684. The number of ether oxygens (including phenoxy) is 2. The molecule has 1 heterocycles. The van der Waals surface area contributed by atoms with Crippen molar-refractivity contribution in [3.63, 3.8) is 0 Å². The summed E-state index contributed by atoms with van der Waals surface area (Å²) in [5.74, 6) is -1.90. The second-order valence-electron chi connectivity index (χ2n) is 14.1. The Balaban J connectivity index is 1.90. The Hall–Kier alpha value is -4.83. The van der Waals surface area contributed by atoms with E-state index in [0.29, 0.717) is 28.8 Å². The number of benzene rings is 1. The topological polar surface area (TPSA) is 217 Å². The van der Waals surface area contributed by atoms with Crippen LogP contribution < -0.4 is 27.7 Å². The number of carbonyl (C=O) groups excluding carboxylic acids is 4. The Kier molecular flexibility index (Phi) is 17.1. The number of aliphatic hydroxyl groups is 2. The Morgan fingerprint density at radius 3 is 1.75 bits per heavy atom. The molecule has 294 valence electrons. The number of allylic oxidation sites excluding steroid dienone is 1. The van der Waals surface area contributed by atoms with Gasteiger partial charge >= 0.3 is 29.0 Å². The highest BCUT2D eigenvalue weighted by Crippen LogP contribution is 2.25. The van der Waals surface area contributed by atoms with E-state index in [1.165, 1.54) is 6.08 Å². The van der Waals surface area contributed by atoms with E-state index in [2.05, 4.69) is 17.2 Å². The fourth-order valence-electron chi connectivity index (χ4n) is 4.81. The molecule has 2 rings (SSSR count). The van der Waals surface area contributed by atoms with Crippen molar-refractivity contribution in [2.75, 3.05) is 17.2 Å². The van der Waals surface area contributed by atoms with Crippen LogP contribution in [-0.4, -0.2) is 72.1 Å². The van der Waals surface area contributed by atoms with Crippen LogP contribution in [0, 0.1) is 5.41 Å². The molecule has 0 bridgehead atoms. The van der Waals surface area contributed by atoms with Crippen LogP contribution in [-0.2, 0) is 48.3 Å². The van der Waals surface area contributed by atoms with Crippen LogP contribution >= 0.6 is 0 Å². The summed E-state index contributed by atoms with van der Waals surface area (Å²) in [7, 11) is 0. The van der Waals surface area contributed by atoms with Crippen molar-refractivity contribution in [3.8, 4) is 0 Å². The Labute approximate surface area is 308 Å². The van der Waals surface area contributed by atoms with E-state index in [0.717, 1.165) is 9.13 Å². The molecule has 0 saturated heterocycles. The quantitative estimate of drug-likeness (QED) is 0.101. The molecule has 0 aliphatic rings. The minimum Gasteiger partial charge on any atom is -0.463 e. The van der Waals surface area contributed by atoms with Crippen LogP contribution in [0.5, 0.6) is 0 Å². The van der Waals surface area contributed by atoms with Crippen LogP contribution in [0.2, 0.25) is 0 Å². The van der Waals surface area contributed by atoms with Gasteiger partial charge in [0.15, 0.2) is 0 Å². The van der Waals surface area contributed by atoms with Crippen molar-refractivity contribution >= 4 is 35.1 Å². The number of hydrogen-bond donors (Lipinski definition) is 4. The lowest BCUT2D eigenvalue weighted by Gasteiger charge is -2.29. The van der Waals surface area contributed by atoms with Gasteiger partial charge < -0.3 is 30.3 Å². The van der Waals surface area contributed by atoms with Gasteiger partial charge in [-0.25, -0.2) is 28.1 Å². The van der Waals surface area contributed by atoms with Gasteiger partial charge in [-0.15, -0.1) is 6.58 Å². The lowest BCUT2D eigenvalue weighted by Crippen LogP contribution is -2.57. The summed E-state index contributed by atoms with van der Waals surface area (Å²) in [5, 5.41) is 26.7. The predicted octanol–water partition coefficient (Wildman–Crippen LogP) is 2.71. The first-order valence-corrected chi connectivity index (χ1v) is 17.8. The van der Waals surface area contributed by atoms with E-state index in [1.54, 1.807) is 38.1 Å². The molecule has 4 N–H and O–H groups in total. The lowest BCUT2D eigenvalue weighted by atomic mass is 9.84. The highest BCUT2D eigenvalue weighted by Gasteiger charge is 2.29. The summed E-state index contributed by atoms with van der Waals surface area (Å²) in [4.78, 5) is 88.7. The van der Waals surface area contributed by atoms with Gasteiger partial charge in [0.25, 0.3) is 0 Å². The molecule has 53 heavy (non-hydrogen) atoms. The first kappa shape index (κ1) is 44.3.